The molecule has 1 heterocycles. The minimum atomic E-state index is 0.172. The van der Waals surface area contributed by atoms with Gasteiger partial charge in [0.05, 0.1) is 13.7 Å². The van der Waals surface area contributed by atoms with Crippen molar-refractivity contribution in [3.05, 3.63) is 24.3 Å². The van der Waals surface area contributed by atoms with Crippen molar-refractivity contribution in [2.24, 2.45) is 5.92 Å². The zero-order chi connectivity index (χ0) is 14.9. The topological polar surface area (TPSA) is 59.6 Å². The molecule has 21 heavy (non-hydrogen) atoms. The van der Waals surface area contributed by atoms with Crippen LogP contribution in [0.5, 0.6) is 11.5 Å². The molecule has 0 aromatic heterocycles. The zero-order valence-electron chi connectivity index (χ0n) is 12.6. The molecule has 5 heteroatoms. The Kier molecular flexibility index (Phi) is 6.34. The van der Waals surface area contributed by atoms with E-state index in [1.807, 2.05) is 24.3 Å². The number of carbonyl (C=O) groups is 1. The van der Waals surface area contributed by atoms with E-state index in [1.165, 1.54) is 0 Å². The molecule has 0 atom stereocenters. The molecule has 0 bridgehead atoms. The van der Waals surface area contributed by atoms with E-state index in [9.17, 15) is 4.79 Å². The van der Waals surface area contributed by atoms with Crippen LogP contribution < -0.4 is 20.1 Å². The van der Waals surface area contributed by atoms with Gasteiger partial charge in [-0.15, -0.1) is 0 Å². The van der Waals surface area contributed by atoms with Crippen LogP contribution in [0.1, 0.15) is 19.3 Å². The molecule has 0 unspecified atom stereocenters. The molecule has 1 aromatic carbocycles. The molecule has 1 amide bonds. The second kappa shape index (κ2) is 8.52. The maximum absolute atomic E-state index is 11.9. The van der Waals surface area contributed by atoms with Crippen molar-refractivity contribution < 1.29 is 14.3 Å². The van der Waals surface area contributed by atoms with E-state index in [2.05, 4.69) is 10.6 Å². The summed E-state index contributed by atoms with van der Waals surface area (Å²) in [6.45, 7) is 3.13. The van der Waals surface area contributed by atoms with Crippen LogP contribution in [0, 0.1) is 5.92 Å². The van der Waals surface area contributed by atoms with Crippen LogP contribution in [-0.4, -0.2) is 39.3 Å². The van der Waals surface area contributed by atoms with Gasteiger partial charge in [0.2, 0.25) is 5.91 Å². The monoisotopic (exact) mass is 292 g/mol. The van der Waals surface area contributed by atoms with E-state index in [-0.39, 0.29) is 11.8 Å². The van der Waals surface area contributed by atoms with Crippen LogP contribution in [0.4, 0.5) is 0 Å². The lowest BCUT2D eigenvalue weighted by molar-refractivity contribution is -0.125. The Bertz CT molecular complexity index is 445. The van der Waals surface area contributed by atoms with Crippen molar-refractivity contribution in [1.29, 1.82) is 0 Å². The van der Waals surface area contributed by atoms with E-state index < -0.39 is 0 Å². The van der Waals surface area contributed by atoms with Gasteiger partial charge in [0.1, 0.15) is 11.5 Å². The van der Waals surface area contributed by atoms with Gasteiger partial charge in [0.15, 0.2) is 0 Å². The normalized spacial score (nSPS) is 15.5. The Morgan fingerprint density at radius 1 is 1.33 bits per heavy atom. The molecule has 0 spiro atoms. The first-order valence-corrected chi connectivity index (χ1v) is 7.55. The number of ether oxygens (including phenoxy) is 2. The summed E-state index contributed by atoms with van der Waals surface area (Å²) in [7, 11) is 1.63. The van der Waals surface area contributed by atoms with Crippen LogP contribution in [0.25, 0.3) is 0 Å². The number of rotatable bonds is 7. The lowest BCUT2D eigenvalue weighted by Crippen LogP contribution is -2.38. The molecule has 2 rings (SSSR count). The highest BCUT2D eigenvalue weighted by Crippen LogP contribution is 2.18. The molecular weight excluding hydrogens is 268 g/mol. The molecular formula is C16H24N2O3. The Hall–Kier alpha value is -1.75. The Morgan fingerprint density at radius 2 is 2.10 bits per heavy atom. The Morgan fingerprint density at radius 3 is 2.86 bits per heavy atom. The van der Waals surface area contributed by atoms with Gasteiger partial charge >= 0.3 is 0 Å². The lowest BCUT2D eigenvalue weighted by atomic mass is 9.97. The summed E-state index contributed by atoms with van der Waals surface area (Å²) in [4.78, 5) is 11.9. The van der Waals surface area contributed by atoms with Crippen LogP contribution in [0.15, 0.2) is 24.3 Å². The summed E-state index contributed by atoms with van der Waals surface area (Å²) in [5.41, 5.74) is 0. The number of piperidine rings is 1. The fourth-order valence-corrected chi connectivity index (χ4v) is 2.39. The van der Waals surface area contributed by atoms with Crippen LogP contribution >= 0.6 is 0 Å². The summed E-state index contributed by atoms with van der Waals surface area (Å²) >= 11 is 0. The maximum atomic E-state index is 11.9. The second-order valence-corrected chi connectivity index (χ2v) is 5.20. The molecule has 1 aliphatic heterocycles. The fourth-order valence-electron chi connectivity index (χ4n) is 2.39. The standard InChI is InChI=1S/C16H24N2O3/c1-20-14-4-2-5-15(12-14)21-11-3-8-18-16(19)13-6-9-17-10-7-13/h2,4-5,12-13,17H,3,6-11H2,1H3,(H,18,19). The molecule has 1 aliphatic rings. The van der Waals surface area contributed by atoms with E-state index in [1.54, 1.807) is 7.11 Å². The highest BCUT2D eigenvalue weighted by atomic mass is 16.5. The van der Waals surface area contributed by atoms with Gasteiger partial charge in [-0.2, -0.15) is 0 Å². The third kappa shape index (κ3) is 5.27. The highest BCUT2D eigenvalue weighted by Gasteiger charge is 2.19. The summed E-state index contributed by atoms with van der Waals surface area (Å²) in [5, 5.41) is 6.25. The quantitative estimate of drug-likeness (QED) is 0.749. The molecule has 0 radical (unpaired) electrons. The summed E-state index contributed by atoms with van der Waals surface area (Å²) in [6.07, 6.45) is 2.67. The van der Waals surface area contributed by atoms with Crippen molar-refractivity contribution in [2.75, 3.05) is 33.4 Å². The molecule has 0 saturated carbocycles. The molecule has 0 aliphatic carbocycles. The Balaban J connectivity index is 1.60. The van der Waals surface area contributed by atoms with E-state index in [0.717, 1.165) is 43.9 Å². The van der Waals surface area contributed by atoms with Gasteiger partial charge in [0, 0.05) is 18.5 Å². The SMILES string of the molecule is COc1cccc(OCCCNC(=O)C2CCNCC2)c1. The van der Waals surface area contributed by atoms with E-state index in [4.69, 9.17) is 9.47 Å². The average molecular weight is 292 g/mol. The second-order valence-electron chi connectivity index (χ2n) is 5.20. The molecule has 5 nitrogen and oxygen atoms in total. The largest absolute Gasteiger partial charge is 0.497 e. The number of methoxy groups -OCH3 is 1. The van der Waals surface area contributed by atoms with Crippen molar-refractivity contribution in [2.45, 2.75) is 19.3 Å². The van der Waals surface area contributed by atoms with Gasteiger partial charge in [-0.05, 0) is 44.5 Å². The zero-order valence-corrected chi connectivity index (χ0v) is 12.6. The summed E-state index contributed by atoms with van der Waals surface area (Å²) in [6, 6.07) is 7.53. The molecule has 116 valence electrons. The molecule has 1 aromatic rings. The average Bonchev–Trinajstić information content (AvgIpc) is 2.55. The molecule has 1 saturated heterocycles. The number of nitrogens with one attached hydrogen (secondary N) is 2. The first kappa shape index (κ1) is 15.6. The number of benzene rings is 1. The highest BCUT2D eigenvalue weighted by molar-refractivity contribution is 5.78. The van der Waals surface area contributed by atoms with Gasteiger partial charge in [-0.25, -0.2) is 0 Å². The lowest BCUT2D eigenvalue weighted by Gasteiger charge is -2.21. The number of hydrogen-bond donors (Lipinski definition) is 2. The smallest absolute Gasteiger partial charge is 0.223 e. The Labute approximate surface area is 126 Å². The maximum Gasteiger partial charge on any atom is 0.223 e. The van der Waals surface area contributed by atoms with Gasteiger partial charge in [0.25, 0.3) is 0 Å². The van der Waals surface area contributed by atoms with Crippen LogP contribution in [0.3, 0.4) is 0 Å². The summed E-state index contributed by atoms with van der Waals surface area (Å²) in [5.74, 6) is 1.93. The summed E-state index contributed by atoms with van der Waals surface area (Å²) < 4.78 is 10.8. The van der Waals surface area contributed by atoms with Crippen molar-refractivity contribution >= 4 is 5.91 Å². The number of hydrogen-bond acceptors (Lipinski definition) is 4. The van der Waals surface area contributed by atoms with Crippen LogP contribution in [0.2, 0.25) is 0 Å². The first-order chi connectivity index (χ1) is 10.3. The van der Waals surface area contributed by atoms with Crippen molar-refractivity contribution in [3.63, 3.8) is 0 Å². The van der Waals surface area contributed by atoms with Crippen molar-refractivity contribution in [1.82, 2.24) is 10.6 Å². The molecule has 1 fully saturated rings. The predicted octanol–water partition coefficient (Wildman–Crippen LogP) is 1.58. The van der Waals surface area contributed by atoms with E-state index in [0.29, 0.717) is 13.2 Å². The van der Waals surface area contributed by atoms with Gasteiger partial charge < -0.3 is 20.1 Å². The number of amides is 1. The fraction of sp³-hybridized carbons (Fsp3) is 0.562. The third-order valence-corrected chi connectivity index (χ3v) is 3.64. The van der Waals surface area contributed by atoms with E-state index >= 15 is 0 Å². The predicted molar refractivity (Wildman–Crippen MR) is 81.7 cm³/mol. The van der Waals surface area contributed by atoms with Gasteiger partial charge in [-0.1, -0.05) is 6.07 Å². The number of carbonyl (C=O) groups excluding carboxylic acids is 1. The van der Waals surface area contributed by atoms with Crippen molar-refractivity contribution in [3.8, 4) is 11.5 Å². The third-order valence-electron chi connectivity index (χ3n) is 3.64. The minimum Gasteiger partial charge on any atom is -0.497 e. The first-order valence-electron chi connectivity index (χ1n) is 7.55. The molecule has 2 N–H and O–H groups in total. The van der Waals surface area contributed by atoms with Crippen LogP contribution in [-0.2, 0) is 4.79 Å². The van der Waals surface area contributed by atoms with Gasteiger partial charge in [-0.3, -0.25) is 4.79 Å². The minimum absolute atomic E-state index is 0.172.